The maximum Gasteiger partial charge on any atom is 0.252 e. The topological polar surface area (TPSA) is 70.7 Å². The molecule has 0 bridgehead atoms. The summed E-state index contributed by atoms with van der Waals surface area (Å²) in [7, 11) is 0. The molecule has 2 aromatic heterocycles. The lowest BCUT2D eigenvalue weighted by Crippen LogP contribution is -2.12. The van der Waals surface area contributed by atoms with Gasteiger partial charge in [0.1, 0.15) is 11.6 Å². The average molecular weight is 230 g/mol. The second-order valence-corrected chi connectivity index (χ2v) is 3.84. The van der Waals surface area contributed by atoms with E-state index in [9.17, 15) is 4.79 Å². The van der Waals surface area contributed by atoms with Gasteiger partial charge in [0.15, 0.2) is 0 Å². The molecule has 0 aliphatic carbocycles. The zero-order valence-corrected chi connectivity index (χ0v) is 9.82. The normalized spacial score (nSPS) is 10.2. The quantitative estimate of drug-likeness (QED) is 0.836. The predicted octanol–water partition coefficient (Wildman–Crippen LogP) is 1.39. The van der Waals surface area contributed by atoms with Gasteiger partial charge in [-0.15, -0.1) is 0 Å². The van der Waals surface area contributed by atoms with Crippen LogP contribution in [-0.2, 0) is 6.54 Å². The van der Waals surface area contributed by atoms with Gasteiger partial charge >= 0.3 is 0 Å². The van der Waals surface area contributed by atoms with Crippen LogP contribution in [0.1, 0.15) is 17.2 Å². The number of aromatic amines is 1. The highest BCUT2D eigenvalue weighted by Gasteiger charge is 1.99. The van der Waals surface area contributed by atoms with Gasteiger partial charge in [0.25, 0.3) is 5.56 Å². The minimum atomic E-state index is -0.155. The summed E-state index contributed by atoms with van der Waals surface area (Å²) >= 11 is 0. The second-order valence-electron chi connectivity index (χ2n) is 3.84. The monoisotopic (exact) mass is 230 g/mol. The van der Waals surface area contributed by atoms with Gasteiger partial charge in [0, 0.05) is 11.8 Å². The molecule has 0 aliphatic heterocycles. The Labute approximate surface area is 99.0 Å². The molecule has 5 nitrogen and oxygen atoms in total. The van der Waals surface area contributed by atoms with Crippen molar-refractivity contribution in [3.05, 3.63) is 51.8 Å². The van der Waals surface area contributed by atoms with E-state index >= 15 is 0 Å². The molecule has 0 aliphatic rings. The summed E-state index contributed by atoms with van der Waals surface area (Å²) in [6, 6.07) is 7.26. The summed E-state index contributed by atoms with van der Waals surface area (Å²) in [5, 5.41) is 3.08. The molecule has 2 aromatic rings. The van der Waals surface area contributed by atoms with Gasteiger partial charge in [-0.25, -0.2) is 4.98 Å². The standard InChI is InChI=1S/C12H14N4O/c1-8-4-3-5-10(14-8)7-13-11-6-12(17)16-9(2)15-11/h3-6H,7H2,1-2H3,(H2,13,15,16,17). The van der Waals surface area contributed by atoms with Crippen molar-refractivity contribution in [2.24, 2.45) is 0 Å². The van der Waals surface area contributed by atoms with Gasteiger partial charge < -0.3 is 10.3 Å². The largest absolute Gasteiger partial charge is 0.364 e. The van der Waals surface area contributed by atoms with E-state index in [1.54, 1.807) is 6.92 Å². The fourth-order valence-electron chi connectivity index (χ4n) is 1.55. The SMILES string of the molecule is Cc1cccc(CNc2cc(=O)[nH]c(C)n2)n1. The number of pyridine rings is 1. The molecule has 2 N–H and O–H groups in total. The van der Waals surface area contributed by atoms with E-state index in [0.29, 0.717) is 18.2 Å². The van der Waals surface area contributed by atoms with Gasteiger partial charge in [-0.1, -0.05) is 6.07 Å². The van der Waals surface area contributed by atoms with Crippen LogP contribution in [0.2, 0.25) is 0 Å². The van der Waals surface area contributed by atoms with Crippen molar-refractivity contribution < 1.29 is 0 Å². The maximum atomic E-state index is 11.2. The molecule has 5 heteroatoms. The Hall–Kier alpha value is -2.17. The third kappa shape index (κ3) is 3.14. The predicted molar refractivity (Wildman–Crippen MR) is 65.9 cm³/mol. The lowest BCUT2D eigenvalue weighted by atomic mass is 10.3. The molecule has 0 fully saturated rings. The summed E-state index contributed by atoms with van der Waals surface area (Å²) in [4.78, 5) is 22.4. The Balaban J connectivity index is 2.09. The first kappa shape index (κ1) is 11.3. The lowest BCUT2D eigenvalue weighted by molar-refractivity contribution is 0.969. The van der Waals surface area contributed by atoms with Crippen molar-refractivity contribution in [2.45, 2.75) is 20.4 Å². The number of aromatic nitrogens is 3. The van der Waals surface area contributed by atoms with Crippen molar-refractivity contribution in [1.82, 2.24) is 15.0 Å². The van der Waals surface area contributed by atoms with Crippen LogP contribution in [0.5, 0.6) is 0 Å². The Morgan fingerprint density at radius 2 is 2.12 bits per heavy atom. The van der Waals surface area contributed by atoms with Gasteiger partial charge in [-0.05, 0) is 26.0 Å². The number of hydrogen-bond donors (Lipinski definition) is 2. The fourth-order valence-corrected chi connectivity index (χ4v) is 1.55. The zero-order valence-electron chi connectivity index (χ0n) is 9.82. The lowest BCUT2D eigenvalue weighted by Gasteiger charge is -2.05. The molecule has 0 amide bonds. The summed E-state index contributed by atoms with van der Waals surface area (Å²) in [5.74, 6) is 1.16. The van der Waals surface area contributed by atoms with E-state index in [1.165, 1.54) is 6.07 Å². The zero-order chi connectivity index (χ0) is 12.3. The van der Waals surface area contributed by atoms with Gasteiger partial charge in [-0.2, -0.15) is 0 Å². The Kier molecular flexibility index (Phi) is 3.18. The van der Waals surface area contributed by atoms with Crippen LogP contribution >= 0.6 is 0 Å². The van der Waals surface area contributed by atoms with E-state index < -0.39 is 0 Å². The average Bonchev–Trinajstić information content (AvgIpc) is 2.25. The number of anilines is 1. The number of H-pyrrole nitrogens is 1. The van der Waals surface area contributed by atoms with E-state index in [-0.39, 0.29) is 5.56 Å². The first-order valence-corrected chi connectivity index (χ1v) is 5.38. The molecule has 0 saturated heterocycles. The molecular weight excluding hydrogens is 216 g/mol. The maximum absolute atomic E-state index is 11.2. The van der Waals surface area contributed by atoms with E-state index in [0.717, 1.165) is 11.4 Å². The number of nitrogens with zero attached hydrogens (tertiary/aromatic N) is 2. The smallest absolute Gasteiger partial charge is 0.252 e. The van der Waals surface area contributed by atoms with Crippen LogP contribution in [0.15, 0.2) is 29.1 Å². The highest BCUT2D eigenvalue weighted by molar-refractivity contribution is 5.33. The molecule has 88 valence electrons. The van der Waals surface area contributed by atoms with E-state index in [1.807, 2.05) is 25.1 Å². The van der Waals surface area contributed by atoms with Crippen LogP contribution in [-0.4, -0.2) is 15.0 Å². The number of hydrogen-bond acceptors (Lipinski definition) is 4. The highest BCUT2D eigenvalue weighted by Crippen LogP contribution is 2.03. The summed E-state index contributed by atoms with van der Waals surface area (Å²) < 4.78 is 0. The van der Waals surface area contributed by atoms with Crippen molar-refractivity contribution in [3.8, 4) is 0 Å². The van der Waals surface area contributed by atoms with Crippen molar-refractivity contribution in [1.29, 1.82) is 0 Å². The van der Waals surface area contributed by atoms with E-state index in [4.69, 9.17) is 0 Å². The third-order valence-corrected chi connectivity index (χ3v) is 2.26. The number of aryl methyl sites for hydroxylation is 2. The molecule has 2 heterocycles. The minimum Gasteiger partial charge on any atom is -0.364 e. The molecule has 17 heavy (non-hydrogen) atoms. The van der Waals surface area contributed by atoms with Crippen LogP contribution in [0.3, 0.4) is 0 Å². The molecule has 0 aromatic carbocycles. The fraction of sp³-hybridized carbons (Fsp3) is 0.250. The molecular formula is C12H14N4O. The van der Waals surface area contributed by atoms with Gasteiger partial charge in [0.05, 0.1) is 12.2 Å². The molecule has 0 unspecified atom stereocenters. The van der Waals surface area contributed by atoms with Crippen LogP contribution in [0, 0.1) is 13.8 Å². The third-order valence-electron chi connectivity index (χ3n) is 2.26. The molecule has 0 atom stereocenters. The van der Waals surface area contributed by atoms with Gasteiger partial charge in [-0.3, -0.25) is 9.78 Å². The number of rotatable bonds is 3. The van der Waals surface area contributed by atoms with Crippen LogP contribution < -0.4 is 10.9 Å². The van der Waals surface area contributed by atoms with E-state index in [2.05, 4.69) is 20.3 Å². The molecule has 0 saturated carbocycles. The summed E-state index contributed by atoms with van der Waals surface area (Å²) in [6.45, 7) is 4.24. The van der Waals surface area contributed by atoms with Crippen molar-refractivity contribution >= 4 is 5.82 Å². The molecule has 0 radical (unpaired) electrons. The minimum absolute atomic E-state index is 0.155. The number of nitrogens with one attached hydrogen (secondary N) is 2. The Bertz CT molecular complexity index is 577. The Morgan fingerprint density at radius 3 is 2.82 bits per heavy atom. The van der Waals surface area contributed by atoms with Crippen molar-refractivity contribution in [3.63, 3.8) is 0 Å². The highest BCUT2D eigenvalue weighted by atomic mass is 16.1. The molecule has 0 spiro atoms. The van der Waals surface area contributed by atoms with Crippen LogP contribution in [0.4, 0.5) is 5.82 Å². The van der Waals surface area contributed by atoms with Crippen LogP contribution in [0.25, 0.3) is 0 Å². The van der Waals surface area contributed by atoms with Crippen molar-refractivity contribution in [2.75, 3.05) is 5.32 Å². The second kappa shape index (κ2) is 4.78. The summed E-state index contributed by atoms with van der Waals surface area (Å²) in [5.41, 5.74) is 1.74. The first-order valence-electron chi connectivity index (χ1n) is 5.38. The molecule has 2 rings (SSSR count). The summed E-state index contributed by atoms with van der Waals surface area (Å²) in [6.07, 6.45) is 0. The first-order chi connectivity index (χ1) is 8.13. The Morgan fingerprint density at radius 1 is 1.29 bits per heavy atom. The van der Waals surface area contributed by atoms with Gasteiger partial charge in [0.2, 0.25) is 0 Å².